The van der Waals surface area contributed by atoms with Crippen molar-refractivity contribution in [1.82, 2.24) is 4.90 Å². The minimum Gasteiger partial charge on any atom is -0.383 e. The molecule has 68 valence electrons. The number of hydrogen-bond donors (Lipinski definition) is 0. The van der Waals surface area contributed by atoms with E-state index in [1.54, 1.807) is 6.08 Å². The van der Waals surface area contributed by atoms with Crippen LogP contribution >= 0.6 is 0 Å². The zero-order valence-corrected chi connectivity index (χ0v) is 8.54. The molecule has 0 aliphatic carbocycles. The van der Waals surface area contributed by atoms with Gasteiger partial charge in [0.25, 0.3) is 0 Å². The van der Waals surface area contributed by atoms with Crippen molar-refractivity contribution >= 4 is 0 Å². The molecule has 0 spiro atoms. The third kappa shape index (κ3) is 4.78. The summed E-state index contributed by atoms with van der Waals surface area (Å²) in [7, 11) is 4.06. The van der Waals surface area contributed by atoms with E-state index in [9.17, 15) is 0 Å². The van der Waals surface area contributed by atoms with Crippen LogP contribution in [0.2, 0.25) is 0 Å². The van der Waals surface area contributed by atoms with Crippen LogP contribution in [0.3, 0.4) is 0 Å². The molecule has 1 nitrogen and oxygen atoms in total. The van der Waals surface area contributed by atoms with Crippen LogP contribution in [0.4, 0.5) is 0 Å². The Kier molecular flexibility index (Phi) is 5.18. The molecule has 0 saturated carbocycles. The summed E-state index contributed by atoms with van der Waals surface area (Å²) in [5.41, 5.74) is 1.32. The molecule has 0 aromatic heterocycles. The fraction of sp³-hybridized carbons (Fsp3) is 0.455. The van der Waals surface area contributed by atoms with E-state index < -0.39 is 0 Å². The highest BCUT2D eigenvalue weighted by atomic mass is 15.0. The van der Waals surface area contributed by atoms with Crippen molar-refractivity contribution in [3.63, 3.8) is 0 Å². The highest BCUT2D eigenvalue weighted by Gasteiger charge is 1.97. The van der Waals surface area contributed by atoms with Gasteiger partial charge in [0.05, 0.1) is 0 Å². The van der Waals surface area contributed by atoms with Crippen molar-refractivity contribution in [3.05, 3.63) is 36.6 Å². The Morgan fingerprint density at radius 3 is 2.25 bits per heavy atom. The Labute approximate surface area is 76.1 Å². The standard InChI is InChI=1S/C11H19N/c1-6-7-8-11(10(2)3)9-12(4)5/h6-10H,1H2,2-5H3/b8-7-,11-9+. The summed E-state index contributed by atoms with van der Waals surface area (Å²) in [6.45, 7) is 8.01. The van der Waals surface area contributed by atoms with Crippen LogP contribution in [0.25, 0.3) is 0 Å². The molecule has 0 atom stereocenters. The minimum absolute atomic E-state index is 0.559. The second kappa shape index (κ2) is 5.64. The summed E-state index contributed by atoms with van der Waals surface area (Å²) < 4.78 is 0. The zero-order chi connectivity index (χ0) is 9.56. The first kappa shape index (κ1) is 11.0. The summed E-state index contributed by atoms with van der Waals surface area (Å²) in [5.74, 6) is 0.559. The Hall–Kier alpha value is -0.980. The first-order valence-electron chi connectivity index (χ1n) is 4.25. The van der Waals surface area contributed by atoms with Gasteiger partial charge in [-0.1, -0.05) is 38.7 Å². The SMILES string of the molecule is C=C/C=C\C(=C/N(C)C)C(C)C. The Bertz CT molecular complexity index is 185. The van der Waals surface area contributed by atoms with Crippen LogP contribution in [0.5, 0.6) is 0 Å². The molecule has 0 fully saturated rings. The molecule has 12 heavy (non-hydrogen) atoms. The lowest BCUT2D eigenvalue weighted by atomic mass is 10.0. The van der Waals surface area contributed by atoms with E-state index in [0.717, 1.165) is 0 Å². The number of allylic oxidation sites excluding steroid dienone is 4. The number of hydrogen-bond acceptors (Lipinski definition) is 1. The smallest absolute Gasteiger partial charge is 0.00557 e. The van der Waals surface area contributed by atoms with E-state index in [2.05, 4.69) is 37.6 Å². The van der Waals surface area contributed by atoms with Gasteiger partial charge in [-0.05, 0) is 11.5 Å². The van der Waals surface area contributed by atoms with Gasteiger partial charge in [0.1, 0.15) is 0 Å². The van der Waals surface area contributed by atoms with Gasteiger partial charge < -0.3 is 4.90 Å². The van der Waals surface area contributed by atoms with Crippen molar-refractivity contribution in [2.24, 2.45) is 5.92 Å². The maximum Gasteiger partial charge on any atom is 0.00557 e. The highest BCUT2D eigenvalue weighted by Crippen LogP contribution is 2.11. The summed E-state index contributed by atoms with van der Waals surface area (Å²) in [5, 5.41) is 0. The van der Waals surface area contributed by atoms with Gasteiger partial charge in [0, 0.05) is 20.3 Å². The number of nitrogens with zero attached hydrogens (tertiary/aromatic N) is 1. The van der Waals surface area contributed by atoms with Gasteiger partial charge in [-0.25, -0.2) is 0 Å². The molecule has 0 saturated heterocycles. The lowest BCUT2D eigenvalue weighted by Gasteiger charge is -2.11. The second-order valence-corrected chi connectivity index (χ2v) is 3.34. The molecule has 0 aromatic carbocycles. The summed E-state index contributed by atoms with van der Waals surface area (Å²) >= 11 is 0. The third-order valence-corrected chi connectivity index (χ3v) is 1.50. The molecule has 0 aliphatic heterocycles. The Balaban J connectivity index is 4.43. The first-order valence-corrected chi connectivity index (χ1v) is 4.25. The summed E-state index contributed by atoms with van der Waals surface area (Å²) in [6.07, 6.45) is 7.99. The molecule has 0 heterocycles. The van der Waals surface area contributed by atoms with Gasteiger partial charge in [0.15, 0.2) is 0 Å². The van der Waals surface area contributed by atoms with Gasteiger partial charge in [-0.2, -0.15) is 0 Å². The molecule has 0 N–H and O–H groups in total. The molecule has 0 radical (unpaired) electrons. The monoisotopic (exact) mass is 165 g/mol. The lowest BCUT2D eigenvalue weighted by Crippen LogP contribution is -2.04. The highest BCUT2D eigenvalue weighted by molar-refractivity contribution is 5.22. The lowest BCUT2D eigenvalue weighted by molar-refractivity contribution is 0.550. The molecular formula is C11H19N. The normalized spacial score (nSPS) is 12.6. The van der Waals surface area contributed by atoms with Crippen LogP contribution in [-0.2, 0) is 0 Å². The quantitative estimate of drug-likeness (QED) is 0.579. The van der Waals surface area contributed by atoms with Crippen molar-refractivity contribution in [3.8, 4) is 0 Å². The third-order valence-electron chi connectivity index (χ3n) is 1.50. The van der Waals surface area contributed by atoms with Gasteiger partial charge >= 0.3 is 0 Å². The Morgan fingerprint density at radius 1 is 1.33 bits per heavy atom. The fourth-order valence-electron chi connectivity index (χ4n) is 0.862. The molecule has 0 amide bonds. The zero-order valence-electron chi connectivity index (χ0n) is 8.54. The van der Waals surface area contributed by atoms with Crippen molar-refractivity contribution in [2.45, 2.75) is 13.8 Å². The average Bonchev–Trinajstić information content (AvgIpc) is 1.96. The van der Waals surface area contributed by atoms with Gasteiger partial charge in [0.2, 0.25) is 0 Å². The van der Waals surface area contributed by atoms with E-state index in [1.165, 1.54) is 5.57 Å². The molecule has 0 aliphatic rings. The van der Waals surface area contributed by atoms with Crippen molar-refractivity contribution in [2.75, 3.05) is 14.1 Å². The average molecular weight is 165 g/mol. The topological polar surface area (TPSA) is 3.24 Å². The van der Waals surface area contributed by atoms with E-state index in [-0.39, 0.29) is 0 Å². The molecule has 0 rings (SSSR count). The summed E-state index contributed by atoms with van der Waals surface area (Å²) in [4.78, 5) is 2.06. The largest absolute Gasteiger partial charge is 0.383 e. The fourth-order valence-corrected chi connectivity index (χ4v) is 0.862. The molecular weight excluding hydrogens is 146 g/mol. The van der Waals surface area contributed by atoms with E-state index in [1.807, 2.05) is 20.2 Å². The maximum atomic E-state index is 3.64. The van der Waals surface area contributed by atoms with Gasteiger partial charge in [-0.3, -0.25) is 0 Å². The predicted octanol–water partition coefficient (Wildman–Crippen LogP) is 2.83. The second-order valence-electron chi connectivity index (χ2n) is 3.34. The maximum absolute atomic E-state index is 3.64. The minimum atomic E-state index is 0.559. The summed E-state index contributed by atoms with van der Waals surface area (Å²) in [6, 6.07) is 0. The van der Waals surface area contributed by atoms with Crippen LogP contribution in [-0.4, -0.2) is 19.0 Å². The molecule has 0 unspecified atom stereocenters. The number of rotatable bonds is 4. The van der Waals surface area contributed by atoms with E-state index in [0.29, 0.717) is 5.92 Å². The van der Waals surface area contributed by atoms with Crippen LogP contribution in [0, 0.1) is 5.92 Å². The van der Waals surface area contributed by atoms with Gasteiger partial charge in [-0.15, -0.1) is 0 Å². The Morgan fingerprint density at radius 2 is 1.92 bits per heavy atom. The first-order chi connectivity index (χ1) is 5.57. The van der Waals surface area contributed by atoms with Crippen LogP contribution < -0.4 is 0 Å². The predicted molar refractivity (Wildman–Crippen MR) is 55.9 cm³/mol. The van der Waals surface area contributed by atoms with Crippen molar-refractivity contribution in [1.29, 1.82) is 0 Å². The van der Waals surface area contributed by atoms with Crippen LogP contribution in [0.1, 0.15) is 13.8 Å². The molecule has 1 heteroatoms. The van der Waals surface area contributed by atoms with E-state index >= 15 is 0 Å². The molecule has 0 bridgehead atoms. The van der Waals surface area contributed by atoms with Crippen molar-refractivity contribution < 1.29 is 0 Å². The molecule has 0 aromatic rings. The van der Waals surface area contributed by atoms with E-state index in [4.69, 9.17) is 0 Å². The van der Waals surface area contributed by atoms with Crippen LogP contribution in [0.15, 0.2) is 36.6 Å².